The van der Waals surface area contributed by atoms with Crippen LogP contribution < -0.4 is 5.32 Å². The van der Waals surface area contributed by atoms with Crippen LogP contribution in [0.3, 0.4) is 0 Å². The smallest absolute Gasteiger partial charge is 0.269 e. The van der Waals surface area contributed by atoms with Crippen molar-refractivity contribution in [3.05, 3.63) is 63.7 Å². The maximum absolute atomic E-state index is 10.7. The summed E-state index contributed by atoms with van der Waals surface area (Å²) in [4.78, 5) is 10.2. The molecular formula is C14H14N2O4. The van der Waals surface area contributed by atoms with Crippen LogP contribution in [-0.4, -0.2) is 15.1 Å². The zero-order valence-electron chi connectivity index (χ0n) is 10.6. The highest BCUT2D eigenvalue weighted by Gasteiger charge is 2.05. The van der Waals surface area contributed by atoms with Crippen molar-refractivity contribution in [3.8, 4) is 11.5 Å². The lowest BCUT2D eigenvalue weighted by molar-refractivity contribution is -0.384. The van der Waals surface area contributed by atoms with E-state index < -0.39 is 4.92 Å². The number of nitrogens with one attached hydrogen (secondary N) is 1. The number of hydrogen-bond donors (Lipinski definition) is 3. The molecule has 3 N–H and O–H groups in total. The summed E-state index contributed by atoms with van der Waals surface area (Å²) in [6.45, 7) is 0.958. The molecule has 20 heavy (non-hydrogen) atoms. The number of nitro benzene ring substituents is 1. The minimum Gasteiger partial charge on any atom is -0.504 e. The average Bonchev–Trinajstić information content (AvgIpc) is 2.43. The van der Waals surface area contributed by atoms with E-state index in [9.17, 15) is 20.3 Å². The summed E-state index contributed by atoms with van der Waals surface area (Å²) >= 11 is 0. The zero-order chi connectivity index (χ0) is 14.5. The van der Waals surface area contributed by atoms with Crippen molar-refractivity contribution in [2.45, 2.75) is 13.1 Å². The minimum atomic E-state index is -0.429. The molecule has 0 amide bonds. The lowest BCUT2D eigenvalue weighted by Gasteiger charge is -2.06. The van der Waals surface area contributed by atoms with Crippen molar-refractivity contribution in [2.75, 3.05) is 0 Å². The maximum Gasteiger partial charge on any atom is 0.269 e. The summed E-state index contributed by atoms with van der Waals surface area (Å²) < 4.78 is 0. The third kappa shape index (κ3) is 3.46. The van der Waals surface area contributed by atoms with Gasteiger partial charge in [-0.2, -0.15) is 0 Å². The van der Waals surface area contributed by atoms with Crippen LogP contribution in [0.2, 0.25) is 0 Å². The molecule has 0 saturated heterocycles. The van der Waals surface area contributed by atoms with Crippen LogP contribution in [0.1, 0.15) is 11.1 Å². The van der Waals surface area contributed by atoms with E-state index in [1.807, 2.05) is 0 Å². The SMILES string of the molecule is O=[N+]([O-])c1cccc(CNCc2ccc(O)c(O)c2)c1. The molecule has 0 aromatic heterocycles. The van der Waals surface area contributed by atoms with Crippen LogP contribution in [0.4, 0.5) is 5.69 Å². The summed E-state index contributed by atoms with van der Waals surface area (Å²) in [7, 11) is 0. The first-order valence-corrected chi connectivity index (χ1v) is 6.01. The second-order valence-electron chi connectivity index (χ2n) is 4.35. The number of phenolic OH excluding ortho intramolecular Hbond substituents is 2. The van der Waals surface area contributed by atoms with Gasteiger partial charge < -0.3 is 15.5 Å². The number of benzene rings is 2. The molecule has 0 spiro atoms. The van der Waals surface area contributed by atoms with E-state index in [1.165, 1.54) is 24.3 Å². The molecule has 104 valence electrons. The molecule has 0 aliphatic heterocycles. The Balaban J connectivity index is 1.94. The first kappa shape index (κ1) is 13.8. The van der Waals surface area contributed by atoms with Crippen LogP contribution in [0.25, 0.3) is 0 Å². The van der Waals surface area contributed by atoms with E-state index in [0.717, 1.165) is 11.1 Å². The molecule has 6 heteroatoms. The molecule has 0 heterocycles. The summed E-state index contributed by atoms with van der Waals surface area (Å²) in [6, 6.07) is 11.0. The van der Waals surface area contributed by atoms with Crippen LogP contribution in [0.5, 0.6) is 11.5 Å². The number of rotatable bonds is 5. The third-order valence-electron chi connectivity index (χ3n) is 2.82. The van der Waals surface area contributed by atoms with Gasteiger partial charge in [0.15, 0.2) is 11.5 Å². The number of nitrogens with zero attached hydrogens (tertiary/aromatic N) is 1. The first-order valence-electron chi connectivity index (χ1n) is 6.01. The lowest BCUT2D eigenvalue weighted by atomic mass is 10.1. The second-order valence-corrected chi connectivity index (χ2v) is 4.35. The van der Waals surface area contributed by atoms with Gasteiger partial charge in [0, 0.05) is 25.2 Å². The van der Waals surface area contributed by atoms with E-state index >= 15 is 0 Å². The van der Waals surface area contributed by atoms with E-state index in [1.54, 1.807) is 18.2 Å². The first-order chi connectivity index (χ1) is 9.56. The molecule has 2 rings (SSSR count). The van der Waals surface area contributed by atoms with Crippen molar-refractivity contribution in [3.63, 3.8) is 0 Å². The lowest BCUT2D eigenvalue weighted by Crippen LogP contribution is -2.12. The molecule has 0 saturated carbocycles. The molecule has 0 aliphatic carbocycles. The zero-order valence-corrected chi connectivity index (χ0v) is 10.6. The largest absolute Gasteiger partial charge is 0.504 e. The Bertz CT molecular complexity index is 628. The molecule has 0 radical (unpaired) electrons. The van der Waals surface area contributed by atoms with Crippen molar-refractivity contribution in [1.82, 2.24) is 5.32 Å². The van der Waals surface area contributed by atoms with Gasteiger partial charge in [-0.15, -0.1) is 0 Å². The number of nitro groups is 1. The van der Waals surface area contributed by atoms with Gasteiger partial charge in [-0.3, -0.25) is 10.1 Å². The second kappa shape index (κ2) is 6.03. The van der Waals surface area contributed by atoms with E-state index in [-0.39, 0.29) is 17.2 Å². The number of hydrogen-bond acceptors (Lipinski definition) is 5. The standard InChI is InChI=1S/C14H14N2O4/c17-13-5-4-11(7-14(13)18)9-15-8-10-2-1-3-12(6-10)16(19)20/h1-7,15,17-18H,8-9H2. The molecule has 0 atom stereocenters. The Morgan fingerprint density at radius 3 is 2.35 bits per heavy atom. The summed E-state index contributed by atoms with van der Waals surface area (Å²) in [5.41, 5.74) is 1.68. The monoisotopic (exact) mass is 274 g/mol. The highest BCUT2D eigenvalue weighted by Crippen LogP contribution is 2.24. The fraction of sp³-hybridized carbons (Fsp3) is 0.143. The Hall–Kier alpha value is -2.60. The fourth-order valence-corrected chi connectivity index (χ4v) is 1.81. The summed E-state index contributed by atoms with van der Waals surface area (Å²) in [6.07, 6.45) is 0. The van der Waals surface area contributed by atoms with E-state index in [2.05, 4.69) is 5.32 Å². The van der Waals surface area contributed by atoms with Gasteiger partial charge in [0.2, 0.25) is 0 Å². The molecule has 2 aromatic rings. The molecule has 0 unspecified atom stereocenters. The van der Waals surface area contributed by atoms with Gasteiger partial charge in [0.05, 0.1) is 4.92 Å². The Morgan fingerprint density at radius 2 is 1.70 bits per heavy atom. The van der Waals surface area contributed by atoms with Gasteiger partial charge in [-0.05, 0) is 23.3 Å². The highest BCUT2D eigenvalue weighted by atomic mass is 16.6. The minimum absolute atomic E-state index is 0.0616. The predicted molar refractivity (Wildman–Crippen MR) is 73.4 cm³/mol. The molecule has 0 aliphatic rings. The number of phenols is 2. The predicted octanol–water partition coefficient (Wildman–Crippen LogP) is 2.30. The van der Waals surface area contributed by atoms with Crippen molar-refractivity contribution < 1.29 is 15.1 Å². The van der Waals surface area contributed by atoms with Crippen LogP contribution in [0.15, 0.2) is 42.5 Å². The summed E-state index contributed by atoms with van der Waals surface area (Å²) in [5, 5.41) is 32.3. The molecule has 2 aromatic carbocycles. The quantitative estimate of drug-likeness (QED) is 0.441. The Kier molecular flexibility index (Phi) is 4.17. The van der Waals surface area contributed by atoms with Gasteiger partial charge in [-0.25, -0.2) is 0 Å². The highest BCUT2D eigenvalue weighted by molar-refractivity contribution is 5.40. The molecular weight excluding hydrogens is 260 g/mol. The van der Waals surface area contributed by atoms with Gasteiger partial charge in [-0.1, -0.05) is 18.2 Å². The van der Waals surface area contributed by atoms with Crippen molar-refractivity contribution in [2.24, 2.45) is 0 Å². The van der Waals surface area contributed by atoms with E-state index in [4.69, 9.17) is 0 Å². The fourth-order valence-electron chi connectivity index (χ4n) is 1.81. The molecule has 0 bridgehead atoms. The Morgan fingerprint density at radius 1 is 1.00 bits per heavy atom. The normalized spacial score (nSPS) is 10.4. The average molecular weight is 274 g/mol. The number of non-ortho nitro benzene ring substituents is 1. The van der Waals surface area contributed by atoms with E-state index in [0.29, 0.717) is 13.1 Å². The molecule has 0 fully saturated rings. The van der Waals surface area contributed by atoms with Crippen LogP contribution >= 0.6 is 0 Å². The van der Waals surface area contributed by atoms with Gasteiger partial charge in [0.25, 0.3) is 5.69 Å². The molecule has 6 nitrogen and oxygen atoms in total. The van der Waals surface area contributed by atoms with Gasteiger partial charge in [0.1, 0.15) is 0 Å². The summed E-state index contributed by atoms with van der Waals surface area (Å²) in [5.74, 6) is -0.327. The van der Waals surface area contributed by atoms with Crippen LogP contribution in [0, 0.1) is 10.1 Å². The number of aromatic hydroxyl groups is 2. The van der Waals surface area contributed by atoms with Crippen molar-refractivity contribution >= 4 is 5.69 Å². The van der Waals surface area contributed by atoms with Crippen molar-refractivity contribution in [1.29, 1.82) is 0 Å². The maximum atomic E-state index is 10.7. The third-order valence-corrected chi connectivity index (χ3v) is 2.82. The Labute approximate surface area is 115 Å². The topological polar surface area (TPSA) is 95.6 Å². The van der Waals surface area contributed by atoms with Gasteiger partial charge >= 0.3 is 0 Å². The van der Waals surface area contributed by atoms with Crippen LogP contribution in [-0.2, 0) is 13.1 Å².